The quantitative estimate of drug-likeness (QED) is 0.640. The largest absolute Gasteiger partial charge is 0.330 e. The van der Waals surface area contributed by atoms with E-state index in [-0.39, 0.29) is 0 Å². The van der Waals surface area contributed by atoms with Crippen LogP contribution in [0.15, 0.2) is 0 Å². The monoisotopic (exact) mass is 141 g/mol. The maximum absolute atomic E-state index is 5.50. The second kappa shape index (κ2) is 3.97. The van der Waals surface area contributed by atoms with Gasteiger partial charge in [0.15, 0.2) is 0 Å². The van der Waals surface area contributed by atoms with Crippen molar-refractivity contribution in [2.75, 3.05) is 6.54 Å². The number of hydrogen-bond acceptors (Lipinski definition) is 1. The van der Waals surface area contributed by atoms with Gasteiger partial charge in [0.2, 0.25) is 0 Å². The first-order chi connectivity index (χ1) is 4.86. The fourth-order valence-electron chi connectivity index (χ4n) is 2.05. The lowest BCUT2D eigenvalue weighted by molar-refractivity contribution is 0.462. The first kappa shape index (κ1) is 8.06. The van der Waals surface area contributed by atoms with Gasteiger partial charge < -0.3 is 5.73 Å². The summed E-state index contributed by atoms with van der Waals surface area (Å²) in [5.41, 5.74) is 5.50. The van der Waals surface area contributed by atoms with E-state index in [0.29, 0.717) is 0 Å². The third kappa shape index (κ3) is 1.98. The van der Waals surface area contributed by atoms with Gasteiger partial charge in [-0.3, -0.25) is 0 Å². The van der Waals surface area contributed by atoms with Gasteiger partial charge in [0.25, 0.3) is 0 Å². The molecule has 10 heavy (non-hydrogen) atoms. The van der Waals surface area contributed by atoms with Crippen molar-refractivity contribution in [2.45, 2.75) is 39.0 Å². The van der Waals surface area contributed by atoms with Crippen molar-refractivity contribution in [3.05, 3.63) is 0 Å². The molecule has 2 N–H and O–H groups in total. The van der Waals surface area contributed by atoms with E-state index >= 15 is 0 Å². The lowest BCUT2D eigenvalue weighted by atomic mass is 10.0. The van der Waals surface area contributed by atoms with Gasteiger partial charge in [0.05, 0.1) is 0 Å². The van der Waals surface area contributed by atoms with Gasteiger partial charge in [0.1, 0.15) is 0 Å². The molecule has 0 amide bonds. The Balaban J connectivity index is 2.15. The standard InChI is InChI=1S/C9H19N/c1-2-8-3-4-9(7-8)5-6-10/h8-9H,2-7,10H2,1H3. The van der Waals surface area contributed by atoms with Gasteiger partial charge in [-0.25, -0.2) is 0 Å². The summed E-state index contributed by atoms with van der Waals surface area (Å²) in [6.45, 7) is 3.19. The van der Waals surface area contributed by atoms with Crippen molar-refractivity contribution in [1.82, 2.24) is 0 Å². The van der Waals surface area contributed by atoms with Gasteiger partial charge in [-0.1, -0.05) is 26.2 Å². The highest BCUT2D eigenvalue weighted by atomic mass is 14.5. The molecular weight excluding hydrogens is 122 g/mol. The molecule has 0 aromatic rings. The summed E-state index contributed by atoms with van der Waals surface area (Å²) < 4.78 is 0. The first-order valence-corrected chi connectivity index (χ1v) is 4.56. The average Bonchev–Trinajstić information content (AvgIpc) is 2.37. The highest BCUT2D eigenvalue weighted by Gasteiger charge is 2.21. The third-order valence-corrected chi connectivity index (χ3v) is 2.80. The van der Waals surface area contributed by atoms with Crippen LogP contribution in [0.2, 0.25) is 0 Å². The Hall–Kier alpha value is -0.0400. The van der Waals surface area contributed by atoms with Crippen molar-refractivity contribution in [3.8, 4) is 0 Å². The Morgan fingerprint density at radius 2 is 2.00 bits per heavy atom. The molecule has 0 aromatic carbocycles. The zero-order chi connectivity index (χ0) is 7.40. The average molecular weight is 141 g/mol. The van der Waals surface area contributed by atoms with Crippen LogP contribution in [0.4, 0.5) is 0 Å². The number of rotatable bonds is 3. The first-order valence-electron chi connectivity index (χ1n) is 4.56. The van der Waals surface area contributed by atoms with Crippen LogP contribution in [0.1, 0.15) is 39.0 Å². The molecule has 1 aliphatic carbocycles. The van der Waals surface area contributed by atoms with Crippen molar-refractivity contribution in [1.29, 1.82) is 0 Å². The van der Waals surface area contributed by atoms with Crippen LogP contribution >= 0.6 is 0 Å². The van der Waals surface area contributed by atoms with E-state index in [2.05, 4.69) is 6.92 Å². The molecule has 0 bridgehead atoms. The summed E-state index contributed by atoms with van der Waals surface area (Å²) in [6, 6.07) is 0. The summed E-state index contributed by atoms with van der Waals surface area (Å²) >= 11 is 0. The van der Waals surface area contributed by atoms with E-state index in [1.54, 1.807) is 0 Å². The van der Waals surface area contributed by atoms with Gasteiger partial charge in [-0.05, 0) is 31.2 Å². The maximum Gasteiger partial charge on any atom is -0.00746 e. The molecule has 1 saturated carbocycles. The van der Waals surface area contributed by atoms with Crippen LogP contribution in [0, 0.1) is 11.8 Å². The van der Waals surface area contributed by atoms with Crippen LogP contribution in [-0.2, 0) is 0 Å². The second-order valence-corrected chi connectivity index (χ2v) is 3.53. The molecule has 0 aromatic heterocycles. The zero-order valence-corrected chi connectivity index (χ0v) is 6.97. The van der Waals surface area contributed by atoms with Crippen LogP contribution < -0.4 is 5.73 Å². The zero-order valence-electron chi connectivity index (χ0n) is 6.97. The van der Waals surface area contributed by atoms with Gasteiger partial charge in [-0.2, -0.15) is 0 Å². The van der Waals surface area contributed by atoms with E-state index < -0.39 is 0 Å². The molecule has 1 aliphatic rings. The van der Waals surface area contributed by atoms with Gasteiger partial charge in [-0.15, -0.1) is 0 Å². The molecule has 0 saturated heterocycles. The Kier molecular flexibility index (Phi) is 3.20. The fraction of sp³-hybridized carbons (Fsp3) is 1.00. The predicted molar refractivity (Wildman–Crippen MR) is 44.8 cm³/mol. The minimum Gasteiger partial charge on any atom is -0.330 e. The van der Waals surface area contributed by atoms with E-state index in [1.807, 2.05) is 0 Å². The minimum atomic E-state index is 0.890. The molecule has 0 spiro atoms. The molecule has 1 fully saturated rings. The number of nitrogens with two attached hydrogens (primary N) is 1. The molecule has 1 rings (SSSR count). The highest BCUT2D eigenvalue weighted by Crippen LogP contribution is 2.34. The predicted octanol–water partition coefficient (Wildman–Crippen LogP) is 2.16. The summed E-state index contributed by atoms with van der Waals surface area (Å²) in [4.78, 5) is 0. The van der Waals surface area contributed by atoms with E-state index in [4.69, 9.17) is 5.73 Å². The van der Waals surface area contributed by atoms with Crippen LogP contribution in [-0.4, -0.2) is 6.54 Å². The summed E-state index contributed by atoms with van der Waals surface area (Å²) in [7, 11) is 0. The minimum absolute atomic E-state index is 0.890. The molecule has 2 atom stereocenters. The molecule has 2 unspecified atom stereocenters. The number of hydrogen-bond donors (Lipinski definition) is 1. The Bertz CT molecular complexity index is 90.7. The summed E-state index contributed by atoms with van der Waals surface area (Å²) in [5, 5.41) is 0. The van der Waals surface area contributed by atoms with Gasteiger partial charge >= 0.3 is 0 Å². The van der Waals surface area contributed by atoms with E-state index in [0.717, 1.165) is 18.4 Å². The lowest BCUT2D eigenvalue weighted by Gasteiger charge is -2.07. The molecule has 0 heterocycles. The van der Waals surface area contributed by atoms with Crippen LogP contribution in [0.3, 0.4) is 0 Å². The van der Waals surface area contributed by atoms with Crippen molar-refractivity contribution >= 4 is 0 Å². The SMILES string of the molecule is CCC1CCC(CCN)C1. The normalized spacial score (nSPS) is 33.0. The molecule has 60 valence electrons. The molecular formula is C9H19N. The van der Waals surface area contributed by atoms with E-state index in [9.17, 15) is 0 Å². The van der Waals surface area contributed by atoms with Crippen LogP contribution in [0.5, 0.6) is 0 Å². The molecule has 0 aliphatic heterocycles. The summed E-state index contributed by atoms with van der Waals surface area (Å²) in [5.74, 6) is 1.99. The fourth-order valence-corrected chi connectivity index (χ4v) is 2.05. The third-order valence-electron chi connectivity index (χ3n) is 2.80. The highest BCUT2D eigenvalue weighted by molar-refractivity contribution is 4.74. The van der Waals surface area contributed by atoms with E-state index in [1.165, 1.54) is 32.1 Å². The maximum atomic E-state index is 5.50. The van der Waals surface area contributed by atoms with Crippen molar-refractivity contribution in [3.63, 3.8) is 0 Å². The van der Waals surface area contributed by atoms with Crippen molar-refractivity contribution < 1.29 is 0 Å². The molecule has 0 radical (unpaired) electrons. The molecule has 1 nitrogen and oxygen atoms in total. The smallest absolute Gasteiger partial charge is 0.00746 e. The topological polar surface area (TPSA) is 26.0 Å². The Morgan fingerprint density at radius 1 is 1.30 bits per heavy atom. The lowest BCUT2D eigenvalue weighted by Crippen LogP contribution is -2.05. The molecule has 1 heteroatoms. The second-order valence-electron chi connectivity index (χ2n) is 3.53. The Labute approximate surface area is 64.0 Å². The summed E-state index contributed by atoms with van der Waals surface area (Å²) in [6.07, 6.45) is 6.99. The van der Waals surface area contributed by atoms with Crippen LogP contribution in [0.25, 0.3) is 0 Å². The Morgan fingerprint density at radius 3 is 2.50 bits per heavy atom. The van der Waals surface area contributed by atoms with Gasteiger partial charge in [0, 0.05) is 0 Å². The van der Waals surface area contributed by atoms with Crippen molar-refractivity contribution in [2.24, 2.45) is 17.6 Å².